The van der Waals surface area contributed by atoms with Crippen molar-refractivity contribution in [1.82, 2.24) is 4.90 Å². The summed E-state index contributed by atoms with van der Waals surface area (Å²) in [6.07, 6.45) is 3.45. The quantitative estimate of drug-likeness (QED) is 0.461. The summed E-state index contributed by atoms with van der Waals surface area (Å²) in [6.45, 7) is 5.93. The van der Waals surface area contributed by atoms with E-state index < -0.39 is 0 Å². The minimum atomic E-state index is 0.793. The maximum atomic E-state index is 5.75. The van der Waals surface area contributed by atoms with Gasteiger partial charge in [0, 0.05) is 39.3 Å². The lowest BCUT2D eigenvalue weighted by atomic mass is 10.1. The molecule has 0 aliphatic carbocycles. The Morgan fingerprint density at radius 1 is 1.31 bits per heavy atom. The molecule has 1 heterocycles. The molecule has 0 aromatic heterocycles. The largest absolute Gasteiger partial charge is 0.385 e. The number of methoxy groups -OCH3 is 1. The van der Waals surface area contributed by atoms with Crippen molar-refractivity contribution < 1.29 is 9.47 Å². The van der Waals surface area contributed by atoms with Gasteiger partial charge in [0.25, 0.3) is 0 Å². The summed E-state index contributed by atoms with van der Waals surface area (Å²) in [5.74, 6) is 1.61. The van der Waals surface area contributed by atoms with Gasteiger partial charge in [0.2, 0.25) is 0 Å². The van der Waals surface area contributed by atoms with Crippen LogP contribution in [0.1, 0.15) is 19.3 Å². The van der Waals surface area contributed by atoms with Gasteiger partial charge < -0.3 is 14.4 Å². The van der Waals surface area contributed by atoms with Gasteiger partial charge in [0.05, 0.1) is 6.61 Å². The number of rotatable bonds is 9. The predicted molar refractivity (Wildman–Crippen MR) is 67.2 cm³/mol. The Morgan fingerprint density at radius 3 is 2.94 bits per heavy atom. The lowest BCUT2D eigenvalue weighted by molar-refractivity contribution is 0.0878. The van der Waals surface area contributed by atoms with Gasteiger partial charge >= 0.3 is 0 Å². The Morgan fingerprint density at radius 2 is 2.19 bits per heavy atom. The van der Waals surface area contributed by atoms with Crippen molar-refractivity contribution in [2.45, 2.75) is 19.3 Å². The van der Waals surface area contributed by atoms with Gasteiger partial charge in [0.1, 0.15) is 0 Å². The van der Waals surface area contributed by atoms with Gasteiger partial charge in [-0.05, 0) is 31.7 Å². The number of nitrogens with zero attached hydrogens (tertiary/aromatic N) is 1. The molecule has 0 N–H and O–H groups in total. The van der Waals surface area contributed by atoms with Crippen LogP contribution in [0.4, 0.5) is 0 Å². The third kappa shape index (κ3) is 6.04. The van der Waals surface area contributed by atoms with Crippen LogP contribution in [0.5, 0.6) is 0 Å². The number of hydrogen-bond donors (Lipinski definition) is 0. The van der Waals surface area contributed by atoms with Crippen molar-refractivity contribution in [2.75, 3.05) is 52.4 Å². The molecule has 0 radical (unpaired) electrons. The maximum absolute atomic E-state index is 5.75. The van der Waals surface area contributed by atoms with Crippen molar-refractivity contribution in [1.29, 1.82) is 0 Å². The van der Waals surface area contributed by atoms with Crippen LogP contribution in [-0.2, 0) is 9.47 Å². The number of ether oxygens (including phenoxy) is 2. The molecule has 3 nitrogen and oxygen atoms in total. The van der Waals surface area contributed by atoms with E-state index in [1.165, 1.54) is 19.5 Å². The van der Waals surface area contributed by atoms with E-state index in [9.17, 15) is 0 Å². The van der Waals surface area contributed by atoms with E-state index in [0.29, 0.717) is 0 Å². The second-order valence-corrected chi connectivity index (χ2v) is 4.77. The van der Waals surface area contributed by atoms with Crippen LogP contribution in [0.15, 0.2) is 0 Å². The highest BCUT2D eigenvalue weighted by molar-refractivity contribution is 6.17. The summed E-state index contributed by atoms with van der Waals surface area (Å²) in [5.41, 5.74) is 0. The molecular formula is C12H24ClNO2. The number of hydrogen-bond acceptors (Lipinski definition) is 3. The SMILES string of the molecule is COCCCOCCN1CCC(CCCl)C1. The Labute approximate surface area is 104 Å². The van der Waals surface area contributed by atoms with Gasteiger partial charge in [-0.2, -0.15) is 0 Å². The Bertz CT molecular complexity index is 169. The fourth-order valence-corrected chi connectivity index (χ4v) is 2.42. The summed E-state index contributed by atoms with van der Waals surface area (Å²) in [5, 5.41) is 0. The predicted octanol–water partition coefficient (Wildman–Crippen LogP) is 1.99. The molecule has 96 valence electrons. The summed E-state index contributed by atoms with van der Waals surface area (Å²) in [7, 11) is 1.72. The highest BCUT2D eigenvalue weighted by Gasteiger charge is 2.21. The lowest BCUT2D eigenvalue weighted by Gasteiger charge is -2.15. The van der Waals surface area contributed by atoms with Crippen LogP contribution in [0.3, 0.4) is 0 Å². The maximum Gasteiger partial charge on any atom is 0.0593 e. The fourth-order valence-electron chi connectivity index (χ4n) is 2.11. The van der Waals surface area contributed by atoms with Crippen molar-refractivity contribution >= 4 is 11.6 Å². The Balaban J connectivity index is 1.90. The van der Waals surface area contributed by atoms with Crippen molar-refractivity contribution in [3.63, 3.8) is 0 Å². The van der Waals surface area contributed by atoms with Crippen molar-refractivity contribution in [2.24, 2.45) is 5.92 Å². The molecule has 0 bridgehead atoms. The van der Waals surface area contributed by atoms with Crippen molar-refractivity contribution in [3.8, 4) is 0 Å². The van der Waals surface area contributed by atoms with Gasteiger partial charge in [-0.3, -0.25) is 0 Å². The summed E-state index contributed by atoms with van der Waals surface area (Å²) >= 11 is 5.75. The molecule has 1 unspecified atom stereocenters. The minimum absolute atomic E-state index is 0.793. The van der Waals surface area contributed by atoms with Crippen LogP contribution >= 0.6 is 11.6 Å². The van der Waals surface area contributed by atoms with Crippen LogP contribution in [0, 0.1) is 5.92 Å². The number of halogens is 1. The molecule has 1 aliphatic heterocycles. The van der Waals surface area contributed by atoms with E-state index >= 15 is 0 Å². The highest BCUT2D eigenvalue weighted by Crippen LogP contribution is 2.19. The molecule has 0 amide bonds. The molecular weight excluding hydrogens is 226 g/mol. The van der Waals surface area contributed by atoms with Gasteiger partial charge in [0.15, 0.2) is 0 Å². The number of likely N-dealkylation sites (tertiary alicyclic amines) is 1. The third-order valence-electron chi connectivity index (χ3n) is 3.08. The van der Waals surface area contributed by atoms with Gasteiger partial charge in [-0.15, -0.1) is 11.6 Å². The van der Waals surface area contributed by atoms with Crippen LogP contribution in [0.2, 0.25) is 0 Å². The topological polar surface area (TPSA) is 21.7 Å². The van der Waals surface area contributed by atoms with E-state index in [-0.39, 0.29) is 0 Å². The zero-order valence-electron chi connectivity index (χ0n) is 10.3. The smallest absolute Gasteiger partial charge is 0.0593 e. The summed E-state index contributed by atoms with van der Waals surface area (Å²) in [6, 6.07) is 0. The molecule has 1 fully saturated rings. The molecule has 4 heteroatoms. The van der Waals surface area contributed by atoms with Crippen LogP contribution in [0.25, 0.3) is 0 Å². The second-order valence-electron chi connectivity index (χ2n) is 4.39. The molecule has 1 saturated heterocycles. The first kappa shape index (κ1) is 14.2. The molecule has 0 aromatic rings. The minimum Gasteiger partial charge on any atom is -0.385 e. The molecule has 0 saturated carbocycles. The third-order valence-corrected chi connectivity index (χ3v) is 3.29. The zero-order valence-corrected chi connectivity index (χ0v) is 11.0. The first-order chi connectivity index (χ1) is 7.86. The monoisotopic (exact) mass is 249 g/mol. The molecule has 16 heavy (non-hydrogen) atoms. The standard InChI is InChI=1S/C12H24ClNO2/c1-15-8-2-9-16-10-7-14-6-4-12(11-14)3-5-13/h12H,2-11H2,1H3. The van der Waals surface area contributed by atoms with E-state index in [1.807, 2.05) is 0 Å². The molecule has 1 rings (SSSR count). The average Bonchev–Trinajstić information content (AvgIpc) is 2.72. The Hall–Kier alpha value is 0.170. The van der Waals surface area contributed by atoms with E-state index in [1.54, 1.807) is 7.11 Å². The highest BCUT2D eigenvalue weighted by atomic mass is 35.5. The van der Waals surface area contributed by atoms with Crippen molar-refractivity contribution in [3.05, 3.63) is 0 Å². The molecule has 0 spiro atoms. The van der Waals surface area contributed by atoms with E-state index in [0.717, 1.165) is 51.0 Å². The lowest BCUT2D eigenvalue weighted by Crippen LogP contribution is -2.25. The Kier molecular flexibility index (Phi) is 8.21. The summed E-state index contributed by atoms with van der Waals surface area (Å²) < 4.78 is 10.5. The normalized spacial score (nSPS) is 21.8. The summed E-state index contributed by atoms with van der Waals surface area (Å²) in [4.78, 5) is 2.48. The van der Waals surface area contributed by atoms with Gasteiger partial charge in [-0.25, -0.2) is 0 Å². The van der Waals surface area contributed by atoms with Crippen LogP contribution in [-0.4, -0.2) is 57.3 Å². The fraction of sp³-hybridized carbons (Fsp3) is 1.00. The average molecular weight is 250 g/mol. The van der Waals surface area contributed by atoms with E-state index in [2.05, 4.69) is 4.90 Å². The second kappa shape index (κ2) is 9.23. The first-order valence-electron chi connectivity index (χ1n) is 6.21. The number of alkyl halides is 1. The van der Waals surface area contributed by atoms with Gasteiger partial charge in [-0.1, -0.05) is 0 Å². The molecule has 0 aromatic carbocycles. The van der Waals surface area contributed by atoms with E-state index in [4.69, 9.17) is 21.1 Å². The molecule has 1 atom stereocenters. The first-order valence-corrected chi connectivity index (χ1v) is 6.75. The van der Waals surface area contributed by atoms with Crippen LogP contribution < -0.4 is 0 Å². The zero-order chi connectivity index (χ0) is 11.6. The molecule has 1 aliphatic rings.